The van der Waals surface area contributed by atoms with Crippen molar-refractivity contribution >= 4 is 41.0 Å². The van der Waals surface area contributed by atoms with Gasteiger partial charge in [-0.1, -0.05) is 48.8 Å². The van der Waals surface area contributed by atoms with E-state index in [0.717, 1.165) is 23.5 Å². The van der Waals surface area contributed by atoms with Crippen LogP contribution in [-0.4, -0.2) is 40.6 Å². The Balaban J connectivity index is 0.00000240. The van der Waals surface area contributed by atoms with Crippen LogP contribution in [0.5, 0.6) is 0 Å². The predicted molar refractivity (Wildman–Crippen MR) is 116 cm³/mol. The van der Waals surface area contributed by atoms with Crippen molar-refractivity contribution in [3.8, 4) is 0 Å². The maximum atomic E-state index is 13.7. The first kappa shape index (κ1) is 21.6. The van der Waals surface area contributed by atoms with E-state index in [1.54, 1.807) is 0 Å². The molecular weight excluding hydrogens is 411 g/mol. The summed E-state index contributed by atoms with van der Waals surface area (Å²) >= 11 is 6.44. The van der Waals surface area contributed by atoms with Gasteiger partial charge in [-0.3, -0.25) is 4.79 Å². The fourth-order valence-electron chi connectivity index (χ4n) is 3.78. The molecule has 29 heavy (non-hydrogen) atoms. The Morgan fingerprint density at radius 3 is 2.83 bits per heavy atom. The number of pyridine rings is 1. The van der Waals surface area contributed by atoms with Gasteiger partial charge in [0.15, 0.2) is 0 Å². The van der Waals surface area contributed by atoms with E-state index in [1.807, 2.05) is 56.0 Å². The molecule has 4 rings (SSSR count). The quantitative estimate of drug-likeness (QED) is 0.655. The lowest BCUT2D eigenvalue weighted by molar-refractivity contribution is 0.0636. The van der Waals surface area contributed by atoms with Crippen molar-refractivity contribution in [1.82, 2.24) is 20.4 Å². The molecule has 0 spiro atoms. The van der Waals surface area contributed by atoms with Gasteiger partial charge in [0, 0.05) is 30.4 Å². The number of piperazine rings is 1. The molecule has 1 unspecified atom stereocenters. The zero-order valence-electron chi connectivity index (χ0n) is 16.6. The molecule has 154 valence electrons. The highest BCUT2D eigenvalue weighted by Crippen LogP contribution is 2.33. The van der Waals surface area contributed by atoms with Gasteiger partial charge < -0.3 is 14.7 Å². The zero-order valence-corrected chi connectivity index (χ0v) is 18.2. The van der Waals surface area contributed by atoms with Crippen LogP contribution in [-0.2, 0) is 0 Å². The Hall–Kier alpha value is -2.15. The molecule has 1 N–H and O–H groups in total. The number of aromatic nitrogens is 2. The van der Waals surface area contributed by atoms with E-state index in [1.165, 1.54) is 0 Å². The Bertz CT molecular complexity index is 1030. The second kappa shape index (κ2) is 8.69. The number of carbonyl (C=O) groups excluding carboxylic acids is 1. The van der Waals surface area contributed by atoms with Crippen LogP contribution in [0, 0.1) is 6.92 Å². The molecule has 1 atom stereocenters. The number of rotatable bonds is 3. The lowest BCUT2D eigenvalue weighted by Crippen LogP contribution is -2.48. The minimum Gasteiger partial charge on any atom is -0.335 e. The summed E-state index contributed by atoms with van der Waals surface area (Å²) in [4.78, 5) is 20.0. The minimum atomic E-state index is -0.138. The molecule has 1 fully saturated rings. The second-order valence-electron chi connectivity index (χ2n) is 7.45. The third-order valence-corrected chi connectivity index (χ3v) is 5.49. The van der Waals surface area contributed by atoms with Gasteiger partial charge in [-0.2, -0.15) is 0 Å². The summed E-state index contributed by atoms with van der Waals surface area (Å²) in [6, 6.07) is 9.38. The monoisotopic (exact) mass is 434 g/mol. The van der Waals surface area contributed by atoms with Crippen LogP contribution in [0.25, 0.3) is 11.1 Å². The van der Waals surface area contributed by atoms with Gasteiger partial charge in [0.05, 0.1) is 22.7 Å². The van der Waals surface area contributed by atoms with Crippen LogP contribution >= 0.6 is 24.0 Å². The molecule has 8 heteroatoms. The maximum absolute atomic E-state index is 13.7. The first-order chi connectivity index (χ1) is 13.5. The molecule has 1 aliphatic rings. The largest absolute Gasteiger partial charge is 0.335 e. The summed E-state index contributed by atoms with van der Waals surface area (Å²) in [5, 5.41) is 8.92. The molecule has 0 bridgehead atoms. The van der Waals surface area contributed by atoms with Gasteiger partial charge in [0.1, 0.15) is 0 Å². The Morgan fingerprint density at radius 1 is 1.34 bits per heavy atom. The van der Waals surface area contributed by atoms with Crippen LogP contribution in [0.15, 0.2) is 34.9 Å². The van der Waals surface area contributed by atoms with E-state index in [9.17, 15) is 4.79 Å². The fraction of sp³-hybridized carbons (Fsp3) is 0.381. The highest BCUT2D eigenvalue weighted by molar-refractivity contribution is 6.31. The number of nitrogens with one attached hydrogen (secondary N) is 1. The molecule has 1 amide bonds. The van der Waals surface area contributed by atoms with Gasteiger partial charge in [-0.05, 0) is 30.5 Å². The van der Waals surface area contributed by atoms with Crippen LogP contribution in [0.4, 0.5) is 0 Å². The summed E-state index contributed by atoms with van der Waals surface area (Å²) in [6.07, 6.45) is 0. The number of nitrogens with zero attached hydrogens (tertiary/aromatic N) is 3. The van der Waals surface area contributed by atoms with E-state index in [2.05, 4.69) is 15.5 Å². The number of halogens is 2. The summed E-state index contributed by atoms with van der Waals surface area (Å²) in [5.41, 5.74) is 3.44. The SMILES string of the molecule is Cc1cc(C(=O)N2CCNCC2c2ccccc2Cl)c2c(C(C)C)noc2n1.Cl. The van der Waals surface area contributed by atoms with Crippen molar-refractivity contribution in [1.29, 1.82) is 0 Å². The molecule has 6 nitrogen and oxygen atoms in total. The maximum Gasteiger partial charge on any atom is 0.259 e. The molecule has 0 aliphatic carbocycles. The molecular formula is C21H24Cl2N4O2. The van der Waals surface area contributed by atoms with Crippen LogP contribution in [0.3, 0.4) is 0 Å². The number of amides is 1. The summed E-state index contributed by atoms with van der Waals surface area (Å²) < 4.78 is 5.43. The Morgan fingerprint density at radius 2 is 2.10 bits per heavy atom. The molecule has 2 aromatic heterocycles. The number of fused-ring (bicyclic) bond motifs is 1. The predicted octanol–water partition coefficient (Wildman–Crippen LogP) is 4.52. The van der Waals surface area contributed by atoms with Crippen LogP contribution in [0.1, 0.15) is 53.1 Å². The standard InChI is InChI=1S/C21H23ClN4O2.ClH/c1-12(2)19-18-15(10-13(3)24-20(18)28-25-19)21(27)26-9-8-23-11-17(26)14-6-4-5-7-16(14)22;/h4-7,10,12,17,23H,8-9,11H2,1-3H3;1H. The third kappa shape index (κ3) is 3.97. The molecule has 0 saturated carbocycles. The van der Waals surface area contributed by atoms with Crippen molar-refractivity contribution in [3.63, 3.8) is 0 Å². The normalized spacial score (nSPS) is 16.9. The van der Waals surface area contributed by atoms with Gasteiger partial charge in [-0.25, -0.2) is 4.98 Å². The number of aryl methyl sites for hydroxylation is 1. The number of hydrogen-bond acceptors (Lipinski definition) is 5. The minimum absolute atomic E-state index is 0. The van der Waals surface area contributed by atoms with E-state index in [4.69, 9.17) is 16.1 Å². The summed E-state index contributed by atoms with van der Waals surface area (Å²) in [7, 11) is 0. The molecule has 3 aromatic rings. The lowest BCUT2D eigenvalue weighted by Gasteiger charge is -2.37. The number of benzene rings is 1. The van der Waals surface area contributed by atoms with E-state index in [-0.39, 0.29) is 30.3 Å². The second-order valence-corrected chi connectivity index (χ2v) is 7.86. The van der Waals surface area contributed by atoms with Crippen molar-refractivity contribution < 1.29 is 9.32 Å². The lowest BCUT2D eigenvalue weighted by atomic mass is 9.99. The van der Waals surface area contributed by atoms with Crippen molar-refractivity contribution in [2.75, 3.05) is 19.6 Å². The molecule has 0 radical (unpaired) electrons. The topological polar surface area (TPSA) is 71.3 Å². The number of hydrogen-bond donors (Lipinski definition) is 1. The van der Waals surface area contributed by atoms with Gasteiger partial charge >= 0.3 is 0 Å². The average Bonchev–Trinajstić information content (AvgIpc) is 3.11. The molecule has 1 aliphatic heterocycles. The summed E-state index contributed by atoms with van der Waals surface area (Å²) in [6.45, 7) is 7.91. The van der Waals surface area contributed by atoms with Gasteiger partial charge in [0.25, 0.3) is 11.6 Å². The van der Waals surface area contributed by atoms with Gasteiger partial charge in [-0.15, -0.1) is 12.4 Å². The molecule has 1 aromatic carbocycles. The van der Waals surface area contributed by atoms with Crippen molar-refractivity contribution in [2.24, 2.45) is 0 Å². The van der Waals surface area contributed by atoms with Gasteiger partial charge in [0.2, 0.25) is 0 Å². The van der Waals surface area contributed by atoms with E-state index < -0.39 is 0 Å². The third-order valence-electron chi connectivity index (χ3n) is 5.15. The number of carbonyl (C=O) groups is 1. The van der Waals surface area contributed by atoms with Crippen LogP contribution in [0.2, 0.25) is 5.02 Å². The van der Waals surface area contributed by atoms with Crippen LogP contribution < -0.4 is 5.32 Å². The van der Waals surface area contributed by atoms with E-state index >= 15 is 0 Å². The van der Waals surface area contributed by atoms with Crippen molar-refractivity contribution in [2.45, 2.75) is 32.7 Å². The molecule has 1 saturated heterocycles. The Labute approximate surface area is 181 Å². The summed E-state index contributed by atoms with van der Waals surface area (Å²) in [5.74, 6) is 0.0757. The smallest absolute Gasteiger partial charge is 0.259 e. The first-order valence-electron chi connectivity index (χ1n) is 9.50. The highest BCUT2D eigenvalue weighted by atomic mass is 35.5. The van der Waals surface area contributed by atoms with E-state index in [0.29, 0.717) is 34.8 Å². The fourth-order valence-corrected chi connectivity index (χ4v) is 4.05. The zero-order chi connectivity index (χ0) is 19.8. The highest BCUT2D eigenvalue weighted by Gasteiger charge is 2.32. The average molecular weight is 435 g/mol. The molecule has 3 heterocycles. The first-order valence-corrected chi connectivity index (χ1v) is 9.88. The van der Waals surface area contributed by atoms with Crippen molar-refractivity contribution in [3.05, 3.63) is 57.9 Å². The Kier molecular flexibility index (Phi) is 6.46.